The van der Waals surface area contributed by atoms with E-state index in [2.05, 4.69) is 17.6 Å². The van der Waals surface area contributed by atoms with Crippen molar-refractivity contribution in [1.82, 2.24) is 5.32 Å². The summed E-state index contributed by atoms with van der Waals surface area (Å²) in [6.07, 6.45) is 0.415. The van der Waals surface area contributed by atoms with Crippen LogP contribution in [-0.2, 0) is 42.3 Å². The predicted molar refractivity (Wildman–Crippen MR) is 60.6 cm³/mol. The Hall–Kier alpha value is -1.01. The minimum Gasteiger partial charge on any atom is -0.373 e. The summed E-state index contributed by atoms with van der Waals surface area (Å²) < 4.78 is 26.8. The molecule has 0 spiro atoms. The zero-order chi connectivity index (χ0) is 13.3. The summed E-state index contributed by atoms with van der Waals surface area (Å²) in [5, 5.41) is 4.71. The molecule has 1 aromatic rings. The summed E-state index contributed by atoms with van der Waals surface area (Å²) in [6, 6.07) is 1.15. The van der Waals surface area contributed by atoms with Crippen molar-refractivity contribution in [2.24, 2.45) is 0 Å². The molecule has 1 atom stereocenters. The van der Waals surface area contributed by atoms with Gasteiger partial charge in [-0.1, -0.05) is 6.07 Å². The second kappa shape index (κ2) is 6.43. The number of imide groups is 1. The molecule has 0 bridgehead atoms. The van der Waals surface area contributed by atoms with Crippen LogP contribution in [0.3, 0.4) is 0 Å². The van der Waals surface area contributed by atoms with Gasteiger partial charge in [-0.3, -0.25) is 19.3 Å². The number of piperidine rings is 1. The molecule has 0 saturated carbocycles. The number of benzene rings is 1. The maximum atomic E-state index is 13.5. The molecule has 19 heavy (non-hydrogen) atoms. The monoisotopic (exact) mass is 342 g/mol. The van der Waals surface area contributed by atoms with Crippen LogP contribution in [0, 0.1) is 18.6 Å². The van der Waals surface area contributed by atoms with Gasteiger partial charge >= 0.3 is 0 Å². The summed E-state index contributed by atoms with van der Waals surface area (Å²) in [5.74, 6) is -2.25. The van der Waals surface area contributed by atoms with Crippen molar-refractivity contribution in [3.05, 3.63) is 36.3 Å². The van der Waals surface area contributed by atoms with Gasteiger partial charge in [0.05, 0.1) is 5.82 Å². The Morgan fingerprint density at radius 1 is 1.26 bits per heavy atom. The number of carbonyl (C=O) groups is 2. The van der Waals surface area contributed by atoms with E-state index in [1.54, 1.807) is 0 Å². The average Bonchev–Trinajstić information content (AvgIpc) is 2.29. The maximum absolute atomic E-state index is 13.5. The molecule has 1 aromatic carbocycles. The zero-order valence-electron chi connectivity index (χ0n) is 10.0. The van der Waals surface area contributed by atoms with E-state index in [-0.39, 0.29) is 62.7 Å². The van der Waals surface area contributed by atoms with Crippen molar-refractivity contribution >= 4 is 17.5 Å². The summed E-state index contributed by atoms with van der Waals surface area (Å²) in [7, 11) is 0. The second-order valence-corrected chi connectivity index (χ2v) is 4.07. The fraction of sp³-hybridized carbons (Fsp3) is 0.250. The molecule has 1 unspecified atom stereocenters. The van der Waals surface area contributed by atoms with Gasteiger partial charge < -0.3 is 5.32 Å². The van der Waals surface area contributed by atoms with Gasteiger partial charge in [-0.05, 0) is 6.42 Å². The van der Waals surface area contributed by atoms with Crippen LogP contribution in [0.4, 0.5) is 14.5 Å². The Balaban J connectivity index is 0.00000180. The Kier molecular flexibility index (Phi) is 5.43. The third-order valence-corrected chi connectivity index (χ3v) is 2.70. The molecule has 0 aromatic heterocycles. The van der Waals surface area contributed by atoms with Crippen molar-refractivity contribution in [3.63, 3.8) is 0 Å². The number of amides is 2. The molecule has 1 heterocycles. The van der Waals surface area contributed by atoms with E-state index in [1.165, 1.54) is 0 Å². The third kappa shape index (κ3) is 3.73. The van der Waals surface area contributed by atoms with Crippen molar-refractivity contribution in [2.75, 3.05) is 5.32 Å². The number of hydrogen-bond donors (Lipinski definition) is 2. The summed E-state index contributed by atoms with van der Waals surface area (Å²) in [4.78, 5) is 22.4. The molecular formula is C12H11F2N2O2Y-. The smallest absolute Gasteiger partial charge is 0.249 e. The molecule has 1 saturated heterocycles. The maximum Gasteiger partial charge on any atom is 0.249 e. The fourth-order valence-corrected chi connectivity index (χ4v) is 1.72. The van der Waals surface area contributed by atoms with Gasteiger partial charge in [-0.15, -0.1) is 6.07 Å². The minimum absolute atomic E-state index is 0. The number of nitrogens with one attached hydrogen (secondary N) is 2. The standard InChI is InChI=1S/C12H11F2N2O2.Y/c1-6-4-8(14)10(5-7(6)13)15-9-2-3-11(17)16-12(9)18;/h4-5,9,15H,1-3H2,(H,16,17,18);/q-1;. The van der Waals surface area contributed by atoms with E-state index in [9.17, 15) is 18.4 Å². The van der Waals surface area contributed by atoms with Gasteiger partial charge in [-0.2, -0.15) is 12.5 Å². The van der Waals surface area contributed by atoms with Crippen molar-refractivity contribution in [2.45, 2.75) is 18.9 Å². The number of carbonyl (C=O) groups excluding carboxylic acids is 2. The molecule has 2 rings (SSSR count). The van der Waals surface area contributed by atoms with E-state index >= 15 is 0 Å². The van der Waals surface area contributed by atoms with E-state index in [4.69, 9.17) is 0 Å². The Labute approximate surface area is 134 Å². The van der Waals surface area contributed by atoms with Gasteiger partial charge in [0.15, 0.2) is 0 Å². The first-order valence-corrected chi connectivity index (χ1v) is 5.38. The SMILES string of the molecule is [CH2-]c1cc(F)c(NC2CCC(=O)NC2=O)cc1F.[Y]. The largest absolute Gasteiger partial charge is 0.373 e. The molecule has 1 aliphatic heterocycles. The van der Waals surface area contributed by atoms with Crippen LogP contribution in [-0.4, -0.2) is 17.9 Å². The van der Waals surface area contributed by atoms with Crippen LogP contribution in [0.25, 0.3) is 0 Å². The van der Waals surface area contributed by atoms with E-state index < -0.39 is 23.6 Å². The number of halogens is 2. The Bertz CT molecular complexity index is 523. The van der Waals surface area contributed by atoms with Crippen molar-refractivity contribution in [1.29, 1.82) is 0 Å². The third-order valence-electron chi connectivity index (χ3n) is 2.70. The summed E-state index contributed by atoms with van der Waals surface area (Å²) in [6.45, 7) is 3.33. The average molecular weight is 342 g/mol. The van der Waals surface area contributed by atoms with Crippen LogP contribution < -0.4 is 10.6 Å². The molecule has 7 heteroatoms. The normalized spacial score (nSPS) is 18.5. The molecule has 1 aliphatic rings. The zero-order valence-corrected chi connectivity index (χ0v) is 12.8. The topological polar surface area (TPSA) is 58.2 Å². The fourth-order valence-electron chi connectivity index (χ4n) is 1.72. The van der Waals surface area contributed by atoms with Gasteiger partial charge in [0.1, 0.15) is 6.04 Å². The first kappa shape index (κ1) is 16.0. The van der Waals surface area contributed by atoms with E-state index in [0.29, 0.717) is 0 Å². The van der Waals surface area contributed by atoms with Gasteiger partial charge in [0, 0.05) is 50.6 Å². The molecule has 1 fully saturated rings. The Morgan fingerprint density at radius 2 is 1.95 bits per heavy atom. The predicted octanol–water partition coefficient (Wildman–Crippen LogP) is 1.36. The van der Waals surface area contributed by atoms with Gasteiger partial charge in [0.25, 0.3) is 0 Å². The number of anilines is 1. The molecule has 0 aliphatic carbocycles. The van der Waals surface area contributed by atoms with Gasteiger partial charge in [-0.25, -0.2) is 4.39 Å². The number of hydrogen-bond acceptors (Lipinski definition) is 3. The van der Waals surface area contributed by atoms with Crippen molar-refractivity contribution in [3.8, 4) is 0 Å². The quantitative estimate of drug-likeness (QED) is 0.630. The second-order valence-electron chi connectivity index (χ2n) is 4.07. The van der Waals surface area contributed by atoms with Crippen LogP contribution in [0.2, 0.25) is 0 Å². The minimum atomic E-state index is -0.743. The van der Waals surface area contributed by atoms with Crippen LogP contribution in [0.15, 0.2) is 12.1 Å². The summed E-state index contributed by atoms with van der Waals surface area (Å²) in [5.41, 5.74) is -0.171. The first-order chi connectivity index (χ1) is 8.47. The Morgan fingerprint density at radius 3 is 2.58 bits per heavy atom. The molecule has 4 nitrogen and oxygen atoms in total. The molecular weight excluding hydrogens is 331 g/mol. The van der Waals surface area contributed by atoms with E-state index in [1.807, 2.05) is 0 Å². The van der Waals surface area contributed by atoms with Crippen LogP contribution in [0.5, 0.6) is 0 Å². The van der Waals surface area contributed by atoms with E-state index in [0.717, 1.165) is 12.1 Å². The molecule has 2 amide bonds. The van der Waals surface area contributed by atoms with Crippen LogP contribution >= 0.6 is 0 Å². The number of rotatable bonds is 2. The molecule has 99 valence electrons. The van der Waals surface area contributed by atoms with Crippen LogP contribution in [0.1, 0.15) is 18.4 Å². The summed E-state index contributed by atoms with van der Waals surface area (Å²) >= 11 is 0. The van der Waals surface area contributed by atoms with Crippen molar-refractivity contribution < 1.29 is 51.1 Å². The first-order valence-electron chi connectivity index (χ1n) is 5.38. The molecule has 1 radical (unpaired) electrons. The van der Waals surface area contributed by atoms with Gasteiger partial charge in [0.2, 0.25) is 11.8 Å². The molecule has 2 N–H and O–H groups in total.